The summed E-state index contributed by atoms with van der Waals surface area (Å²) >= 11 is 0. The number of benzene rings is 1. The van der Waals surface area contributed by atoms with Crippen LogP contribution in [0.4, 0.5) is 4.39 Å². The molecule has 0 bridgehead atoms. The van der Waals surface area contributed by atoms with E-state index in [1.54, 1.807) is 12.1 Å². The largest absolute Gasteiger partial charge is 0.489 e. The molecule has 0 saturated heterocycles. The number of ether oxygens (including phenoxy) is 1. The lowest BCUT2D eigenvalue weighted by Crippen LogP contribution is -2.10. The van der Waals surface area contributed by atoms with Gasteiger partial charge in [0.25, 0.3) is 0 Å². The molecule has 1 heterocycles. The summed E-state index contributed by atoms with van der Waals surface area (Å²) < 4.78 is 23.6. The maximum atomic E-state index is 12.4. The maximum absolute atomic E-state index is 12.4. The SMILES string of the molecule is CC(C)(C)c1nc2ccc(OC/C(=C/F)CN)cc2o1. The van der Waals surface area contributed by atoms with Crippen LogP contribution in [0.15, 0.2) is 34.5 Å². The molecule has 0 spiro atoms. The van der Waals surface area contributed by atoms with Crippen molar-refractivity contribution in [2.75, 3.05) is 13.2 Å². The zero-order chi connectivity index (χ0) is 14.8. The Morgan fingerprint density at radius 3 is 2.80 bits per heavy atom. The molecule has 20 heavy (non-hydrogen) atoms. The Morgan fingerprint density at radius 1 is 1.45 bits per heavy atom. The van der Waals surface area contributed by atoms with Gasteiger partial charge in [0, 0.05) is 23.6 Å². The Bertz CT molecular complexity index is 626. The second-order valence-corrected chi connectivity index (χ2v) is 5.66. The lowest BCUT2D eigenvalue weighted by molar-refractivity contribution is 0.347. The molecule has 0 aliphatic carbocycles. The minimum absolute atomic E-state index is 0.124. The van der Waals surface area contributed by atoms with Crippen molar-refractivity contribution in [3.05, 3.63) is 36.0 Å². The summed E-state index contributed by atoms with van der Waals surface area (Å²) in [4.78, 5) is 4.44. The van der Waals surface area contributed by atoms with Crippen molar-refractivity contribution < 1.29 is 13.5 Å². The summed E-state index contributed by atoms with van der Waals surface area (Å²) in [5.74, 6) is 1.28. The van der Waals surface area contributed by atoms with Crippen molar-refractivity contribution in [3.63, 3.8) is 0 Å². The number of hydrogen-bond acceptors (Lipinski definition) is 4. The number of fused-ring (bicyclic) bond motifs is 1. The summed E-state index contributed by atoms with van der Waals surface area (Å²) in [6.07, 6.45) is 0.477. The van der Waals surface area contributed by atoms with Gasteiger partial charge in [0.05, 0.1) is 6.33 Å². The van der Waals surface area contributed by atoms with E-state index in [9.17, 15) is 4.39 Å². The topological polar surface area (TPSA) is 61.3 Å². The van der Waals surface area contributed by atoms with Crippen LogP contribution in [0.25, 0.3) is 11.1 Å². The van der Waals surface area contributed by atoms with Gasteiger partial charge in [-0.05, 0) is 12.1 Å². The third-order valence-corrected chi connectivity index (χ3v) is 2.84. The van der Waals surface area contributed by atoms with E-state index >= 15 is 0 Å². The van der Waals surface area contributed by atoms with E-state index in [4.69, 9.17) is 14.9 Å². The first-order valence-corrected chi connectivity index (χ1v) is 6.46. The highest BCUT2D eigenvalue weighted by Crippen LogP contribution is 2.28. The van der Waals surface area contributed by atoms with E-state index < -0.39 is 0 Å². The average Bonchev–Trinajstić information content (AvgIpc) is 2.83. The fourth-order valence-electron chi connectivity index (χ4n) is 1.63. The highest BCUT2D eigenvalue weighted by atomic mass is 19.1. The number of aromatic nitrogens is 1. The molecule has 5 heteroatoms. The van der Waals surface area contributed by atoms with Crippen LogP contribution >= 0.6 is 0 Å². The normalized spacial score (nSPS) is 12.9. The first-order chi connectivity index (χ1) is 9.44. The standard InChI is InChI=1S/C15H19FN2O2/c1-15(2,3)14-18-12-5-4-11(6-13(12)20-14)19-9-10(7-16)8-17/h4-7H,8-9,17H2,1-3H3/b10-7+. The fraction of sp³-hybridized carbons (Fsp3) is 0.400. The van der Waals surface area contributed by atoms with Crippen molar-refractivity contribution in [2.24, 2.45) is 5.73 Å². The van der Waals surface area contributed by atoms with E-state index in [2.05, 4.69) is 4.98 Å². The average molecular weight is 278 g/mol. The molecule has 0 aliphatic heterocycles. The van der Waals surface area contributed by atoms with Crippen LogP contribution in [0.1, 0.15) is 26.7 Å². The predicted molar refractivity (Wildman–Crippen MR) is 76.4 cm³/mol. The summed E-state index contributed by atoms with van der Waals surface area (Å²) in [6.45, 7) is 6.37. The van der Waals surface area contributed by atoms with Crippen LogP contribution < -0.4 is 10.5 Å². The van der Waals surface area contributed by atoms with Gasteiger partial charge >= 0.3 is 0 Å². The van der Waals surface area contributed by atoms with Gasteiger partial charge in [0.15, 0.2) is 5.58 Å². The van der Waals surface area contributed by atoms with Gasteiger partial charge in [-0.15, -0.1) is 0 Å². The fourth-order valence-corrected chi connectivity index (χ4v) is 1.63. The number of hydrogen-bond donors (Lipinski definition) is 1. The van der Waals surface area contributed by atoms with Gasteiger partial charge in [-0.25, -0.2) is 9.37 Å². The first kappa shape index (κ1) is 14.5. The number of rotatable bonds is 4. The molecule has 2 rings (SSSR count). The lowest BCUT2D eigenvalue weighted by Gasteiger charge is -2.11. The minimum Gasteiger partial charge on any atom is -0.489 e. The molecule has 1 aromatic carbocycles. The smallest absolute Gasteiger partial charge is 0.200 e. The number of nitrogens with two attached hydrogens (primary N) is 1. The number of nitrogens with zero attached hydrogens (tertiary/aromatic N) is 1. The Morgan fingerprint density at radius 2 is 2.20 bits per heavy atom. The second-order valence-electron chi connectivity index (χ2n) is 5.66. The highest BCUT2D eigenvalue weighted by molar-refractivity contribution is 5.74. The third kappa shape index (κ3) is 3.17. The van der Waals surface area contributed by atoms with Crippen LogP contribution in [0, 0.1) is 0 Å². The zero-order valence-electron chi connectivity index (χ0n) is 11.9. The molecule has 108 valence electrons. The van der Waals surface area contributed by atoms with Crippen molar-refractivity contribution in [2.45, 2.75) is 26.2 Å². The molecule has 0 aliphatic rings. The van der Waals surface area contributed by atoms with E-state index in [1.165, 1.54) is 0 Å². The van der Waals surface area contributed by atoms with Crippen molar-refractivity contribution in [1.29, 1.82) is 0 Å². The molecule has 0 atom stereocenters. The van der Waals surface area contributed by atoms with Crippen molar-refractivity contribution in [1.82, 2.24) is 4.98 Å². The van der Waals surface area contributed by atoms with E-state index in [1.807, 2.05) is 26.8 Å². The third-order valence-electron chi connectivity index (χ3n) is 2.84. The van der Waals surface area contributed by atoms with Gasteiger partial charge in [-0.1, -0.05) is 20.8 Å². The number of oxazole rings is 1. The van der Waals surface area contributed by atoms with Gasteiger partial charge in [-0.3, -0.25) is 0 Å². The molecule has 1 aromatic heterocycles. The highest BCUT2D eigenvalue weighted by Gasteiger charge is 2.21. The monoisotopic (exact) mass is 278 g/mol. The zero-order valence-corrected chi connectivity index (χ0v) is 11.9. The molecule has 2 N–H and O–H groups in total. The summed E-state index contributed by atoms with van der Waals surface area (Å²) in [6, 6.07) is 5.36. The molecule has 0 amide bonds. The minimum atomic E-state index is -0.149. The van der Waals surface area contributed by atoms with Crippen LogP contribution in [0.2, 0.25) is 0 Å². The second kappa shape index (κ2) is 5.63. The first-order valence-electron chi connectivity index (χ1n) is 6.46. The molecule has 2 aromatic rings. The Labute approximate surface area is 117 Å². The molecule has 0 fully saturated rings. The molecule has 0 radical (unpaired) electrons. The van der Waals surface area contributed by atoms with Crippen molar-refractivity contribution >= 4 is 11.1 Å². The van der Waals surface area contributed by atoms with E-state index in [0.717, 1.165) is 5.52 Å². The molecular weight excluding hydrogens is 259 g/mol. The molecule has 0 saturated carbocycles. The molecular formula is C15H19FN2O2. The van der Waals surface area contributed by atoms with Crippen LogP contribution in [-0.2, 0) is 5.41 Å². The van der Waals surface area contributed by atoms with Gasteiger partial charge < -0.3 is 14.9 Å². The molecule has 0 unspecified atom stereocenters. The number of halogens is 1. The van der Waals surface area contributed by atoms with Gasteiger partial charge in [0.2, 0.25) is 5.89 Å². The van der Waals surface area contributed by atoms with E-state index in [0.29, 0.717) is 29.1 Å². The lowest BCUT2D eigenvalue weighted by atomic mass is 9.97. The summed E-state index contributed by atoms with van der Waals surface area (Å²) in [7, 11) is 0. The van der Waals surface area contributed by atoms with Crippen LogP contribution in [0.3, 0.4) is 0 Å². The Balaban J connectivity index is 2.21. The van der Waals surface area contributed by atoms with Gasteiger partial charge in [0.1, 0.15) is 17.9 Å². The quantitative estimate of drug-likeness (QED) is 0.932. The summed E-state index contributed by atoms with van der Waals surface area (Å²) in [5, 5.41) is 0. The predicted octanol–water partition coefficient (Wildman–Crippen LogP) is 3.32. The molecule has 4 nitrogen and oxygen atoms in total. The van der Waals surface area contributed by atoms with E-state index in [-0.39, 0.29) is 18.6 Å². The Kier molecular flexibility index (Phi) is 4.09. The maximum Gasteiger partial charge on any atom is 0.200 e. The Hall–Kier alpha value is -1.88. The van der Waals surface area contributed by atoms with Gasteiger partial charge in [-0.2, -0.15) is 0 Å². The summed E-state index contributed by atoms with van der Waals surface area (Å²) in [5.41, 5.74) is 7.06. The van der Waals surface area contributed by atoms with Crippen molar-refractivity contribution in [3.8, 4) is 5.75 Å². The van der Waals surface area contributed by atoms with Crippen LogP contribution in [-0.4, -0.2) is 18.1 Å². The van der Waals surface area contributed by atoms with Crippen LogP contribution in [0.5, 0.6) is 5.75 Å².